The summed E-state index contributed by atoms with van der Waals surface area (Å²) in [7, 11) is 0. The third-order valence-electron chi connectivity index (χ3n) is 3.20. The molecule has 0 radical (unpaired) electrons. The number of aryl methyl sites for hydroxylation is 1. The van der Waals surface area contributed by atoms with Gasteiger partial charge in [0.05, 0.1) is 0 Å². The number of aromatic nitrogens is 1. The van der Waals surface area contributed by atoms with Crippen molar-refractivity contribution in [1.29, 1.82) is 0 Å². The van der Waals surface area contributed by atoms with Gasteiger partial charge < -0.3 is 10.6 Å². The molecule has 1 fully saturated rings. The average molecular weight is 219 g/mol. The van der Waals surface area contributed by atoms with Crippen LogP contribution in [0.4, 0.5) is 5.82 Å². The standard InChI is InChI=1S/C13H21N3/c1-3-8-16(11-4-5-11)13-12(9-14)10(2)6-7-15-13/h6-7,11H,3-5,8-9,14H2,1-2H3. The van der Waals surface area contributed by atoms with Crippen LogP contribution in [0.2, 0.25) is 0 Å². The van der Waals surface area contributed by atoms with Crippen LogP contribution in [0.15, 0.2) is 12.3 Å². The molecule has 1 aliphatic rings. The van der Waals surface area contributed by atoms with Crippen molar-refractivity contribution in [3.63, 3.8) is 0 Å². The summed E-state index contributed by atoms with van der Waals surface area (Å²) in [5.41, 5.74) is 8.31. The fourth-order valence-electron chi connectivity index (χ4n) is 2.16. The summed E-state index contributed by atoms with van der Waals surface area (Å²) in [4.78, 5) is 6.98. The van der Waals surface area contributed by atoms with E-state index in [1.165, 1.54) is 24.0 Å². The van der Waals surface area contributed by atoms with Gasteiger partial charge in [0.1, 0.15) is 5.82 Å². The summed E-state index contributed by atoms with van der Waals surface area (Å²) in [6.45, 7) is 6.01. The van der Waals surface area contributed by atoms with Crippen LogP contribution in [-0.4, -0.2) is 17.6 Å². The quantitative estimate of drug-likeness (QED) is 0.825. The molecule has 3 nitrogen and oxygen atoms in total. The van der Waals surface area contributed by atoms with Gasteiger partial charge in [-0.15, -0.1) is 0 Å². The highest BCUT2D eigenvalue weighted by atomic mass is 15.2. The van der Waals surface area contributed by atoms with E-state index in [0.717, 1.165) is 18.8 Å². The van der Waals surface area contributed by atoms with E-state index in [1.54, 1.807) is 0 Å². The minimum Gasteiger partial charge on any atom is -0.353 e. The Morgan fingerprint density at radius 2 is 2.25 bits per heavy atom. The Morgan fingerprint density at radius 1 is 1.50 bits per heavy atom. The molecule has 0 bridgehead atoms. The molecule has 0 aromatic carbocycles. The largest absolute Gasteiger partial charge is 0.353 e. The fraction of sp³-hybridized carbons (Fsp3) is 0.615. The summed E-state index contributed by atoms with van der Waals surface area (Å²) < 4.78 is 0. The molecule has 0 saturated heterocycles. The average Bonchev–Trinajstić information content (AvgIpc) is 3.09. The van der Waals surface area contributed by atoms with Gasteiger partial charge in [-0.05, 0) is 37.8 Å². The summed E-state index contributed by atoms with van der Waals surface area (Å²) >= 11 is 0. The first-order valence-electron chi connectivity index (χ1n) is 6.19. The summed E-state index contributed by atoms with van der Waals surface area (Å²) in [6, 6.07) is 2.75. The molecular weight excluding hydrogens is 198 g/mol. The van der Waals surface area contributed by atoms with Crippen LogP contribution < -0.4 is 10.6 Å². The SMILES string of the molecule is CCCN(c1nccc(C)c1CN)C1CC1. The number of hydrogen-bond acceptors (Lipinski definition) is 3. The van der Waals surface area contributed by atoms with E-state index in [2.05, 4.69) is 23.7 Å². The summed E-state index contributed by atoms with van der Waals surface area (Å²) in [6.07, 6.45) is 5.67. The first-order valence-corrected chi connectivity index (χ1v) is 6.19. The molecule has 1 aromatic rings. The zero-order valence-electron chi connectivity index (χ0n) is 10.2. The Labute approximate surface area is 97.7 Å². The number of hydrogen-bond donors (Lipinski definition) is 1. The lowest BCUT2D eigenvalue weighted by atomic mass is 10.1. The van der Waals surface area contributed by atoms with Crippen molar-refractivity contribution in [1.82, 2.24) is 4.98 Å². The second-order valence-electron chi connectivity index (χ2n) is 4.56. The maximum atomic E-state index is 5.84. The predicted octanol–water partition coefficient (Wildman–Crippen LogP) is 2.23. The molecule has 0 unspecified atom stereocenters. The minimum atomic E-state index is 0.585. The van der Waals surface area contributed by atoms with E-state index in [0.29, 0.717) is 12.6 Å². The van der Waals surface area contributed by atoms with Gasteiger partial charge in [-0.25, -0.2) is 4.98 Å². The van der Waals surface area contributed by atoms with Gasteiger partial charge in [0.2, 0.25) is 0 Å². The van der Waals surface area contributed by atoms with Crippen LogP contribution in [0, 0.1) is 6.92 Å². The minimum absolute atomic E-state index is 0.585. The molecule has 3 heteroatoms. The monoisotopic (exact) mass is 219 g/mol. The maximum Gasteiger partial charge on any atom is 0.133 e. The Hall–Kier alpha value is -1.09. The number of pyridine rings is 1. The first kappa shape index (κ1) is 11.4. The van der Waals surface area contributed by atoms with Crippen molar-refractivity contribution in [2.75, 3.05) is 11.4 Å². The molecule has 1 aliphatic carbocycles. The van der Waals surface area contributed by atoms with Crippen LogP contribution in [-0.2, 0) is 6.54 Å². The lowest BCUT2D eigenvalue weighted by Gasteiger charge is -2.25. The molecule has 1 aromatic heterocycles. The van der Waals surface area contributed by atoms with Gasteiger partial charge in [-0.3, -0.25) is 0 Å². The highest BCUT2D eigenvalue weighted by Gasteiger charge is 2.30. The van der Waals surface area contributed by atoms with Crippen LogP contribution in [0.1, 0.15) is 37.3 Å². The van der Waals surface area contributed by atoms with Crippen LogP contribution in [0.3, 0.4) is 0 Å². The Morgan fingerprint density at radius 3 is 2.81 bits per heavy atom. The lowest BCUT2D eigenvalue weighted by Crippen LogP contribution is -2.29. The van der Waals surface area contributed by atoms with Crippen molar-refractivity contribution >= 4 is 5.82 Å². The van der Waals surface area contributed by atoms with Gasteiger partial charge in [0.15, 0.2) is 0 Å². The Bertz CT molecular complexity index is 358. The molecule has 1 saturated carbocycles. The van der Waals surface area contributed by atoms with Gasteiger partial charge in [-0.2, -0.15) is 0 Å². The van der Waals surface area contributed by atoms with Gasteiger partial charge in [-0.1, -0.05) is 6.92 Å². The third-order valence-corrected chi connectivity index (χ3v) is 3.20. The van der Waals surface area contributed by atoms with Crippen LogP contribution >= 0.6 is 0 Å². The van der Waals surface area contributed by atoms with E-state index in [9.17, 15) is 0 Å². The van der Waals surface area contributed by atoms with Gasteiger partial charge in [0.25, 0.3) is 0 Å². The van der Waals surface area contributed by atoms with E-state index in [-0.39, 0.29) is 0 Å². The van der Waals surface area contributed by atoms with Crippen molar-refractivity contribution in [3.05, 3.63) is 23.4 Å². The van der Waals surface area contributed by atoms with Crippen LogP contribution in [0.25, 0.3) is 0 Å². The van der Waals surface area contributed by atoms with Crippen molar-refractivity contribution in [3.8, 4) is 0 Å². The number of nitrogens with two attached hydrogens (primary N) is 1. The molecular formula is C13H21N3. The summed E-state index contributed by atoms with van der Waals surface area (Å²) in [5.74, 6) is 1.12. The molecule has 16 heavy (non-hydrogen) atoms. The molecule has 0 aliphatic heterocycles. The van der Waals surface area contributed by atoms with Crippen molar-refractivity contribution in [2.24, 2.45) is 5.73 Å². The second-order valence-corrected chi connectivity index (χ2v) is 4.56. The lowest BCUT2D eigenvalue weighted by molar-refractivity contribution is 0.742. The first-order chi connectivity index (χ1) is 7.77. The molecule has 0 atom stereocenters. The maximum absolute atomic E-state index is 5.84. The van der Waals surface area contributed by atoms with Gasteiger partial charge in [0, 0.05) is 30.9 Å². The molecule has 2 rings (SSSR count). The molecule has 2 N–H and O–H groups in total. The normalized spacial score (nSPS) is 15.2. The topological polar surface area (TPSA) is 42.2 Å². The predicted molar refractivity (Wildman–Crippen MR) is 67.5 cm³/mol. The number of rotatable bonds is 5. The Balaban J connectivity index is 2.32. The highest BCUT2D eigenvalue weighted by molar-refractivity contribution is 5.52. The molecule has 0 amide bonds. The van der Waals surface area contributed by atoms with Gasteiger partial charge >= 0.3 is 0 Å². The fourth-order valence-corrected chi connectivity index (χ4v) is 2.16. The Kier molecular flexibility index (Phi) is 3.44. The molecule has 88 valence electrons. The van der Waals surface area contributed by atoms with E-state index >= 15 is 0 Å². The smallest absolute Gasteiger partial charge is 0.133 e. The zero-order chi connectivity index (χ0) is 11.5. The van der Waals surface area contributed by atoms with E-state index in [1.807, 2.05) is 12.3 Å². The zero-order valence-corrected chi connectivity index (χ0v) is 10.2. The highest BCUT2D eigenvalue weighted by Crippen LogP contribution is 2.33. The number of anilines is 1. The second kappa shape index (κ2) is 4.83. The molecule has 0 spiro atoms. The van der Waals surface area contributed by atoms with Crippen LogP contribution in [0.5, 0.6) is 0 Å². The number of nitrogens with zero attached hydrogens (tertiary/aromatic N) is 2. The van der Waals surface area contributed by atoms with Crippen molar-refractivity contribution < 1.29 is 0 Å². The van der Waals surface area contributed by atoms with E-state index < -0.39 is 0 Å². The van der Waals surface area contributed by atoms with Crippen molar-refractivity contribution in [2.45, 2.75) is 45.7 Å². The summed E-state index contributed by atoms with van der Waals surface area (Å²) in [5, 5.41) is 0. The van der Waals surface area contributed by atoms with E-state index in [4.69, 9.17) is 5.73 Å². The third kappa shape index (κ3) is 2.19. The molecule has 1 heterocycles.